The summed E-state index contributed by atoms with van der Waals surface area (Å²) in [5, 5.41) is 0. The number of aromatic nitrogens is 1. The molecule has 1 fully saturated rings. The number of carbonyl (C=O) groups is 1. The van der Waals surface area contributed by atoms with E-state index < -0.39 is 26.7 Å². The normalized spacial score (nSPS) is 15.4. The van der Waals surface area contributed by atoms with E-state index >= 15 is 0 Å². The lowest BCUT2D eigenvalue weighted by Gasteiger charge is -2.16. The van der Waals surface area contributed by atoms with Crippen molar-refractivity contribution in [1.29, 1.82) is 0 Å². The van der Waals surface area contributed by atoms with Gasteiger partial charge in [0, 0.05) is 25.7 Å². The Hall–Kier alpha value is -2.46. The van der Waals surface area contributed by atoms with Crippen molar-refractivity contribution in [1.82, 2.24) is 9.71 Å². The van der Waals surface area contributed by atoms with Gasteiger partial charge in [-0.15, -0.1) is 0 Å². The molecule has 1 aromatic heterocycles. The van der Waals surface area contributed by atoms with Gasteiger partial charge in [0.05, 0.1) is 22.3 Å². The summed E-state index contributed by atoms with van der Waals surface area (Å²) >= 11 is 0. The van der Waals surface area contributed by atoms with Crippen LogP contribution in [0.3, 0.4) is 0 Å². The molecule has 0 bridgehead atoms. The van der Waals surface area contributed by atoms with Crippen LogP contribution in [0.2, 0.25) is 0 Å². The summed E-state index contributed by atoms with van der Waals surface area (Å²) < 4.78 is 66.1. The maximum atomic E-state index is 13.1. The number of pyridine rings is 1. The van der Waals surface area contributed by atoms with E-state index in [0.29, 0.717) is 24.2 Å². The lowest BCUT2D eigenvalue weighted by atomic mass is 10.2. The van der Waals surface area contributed by atoms with Crippen molar-refractivity contribution in [3.8, 4) is 0 Å². The minimum atomic E-state index is -4.79. The summed E-state index contributed by atoms with van der Waals surface area (Å²) in [6, 6.07) is 5.57. The van der Waals surface area contributed by atoms with Crippen LogP contribution in [0.15, 0.2) is 47.6 Å². The van der Waals surface area contributed by atoms with Gasteiger partial charge in [0.15, 0.2) is 0 Å². The quantitative estimate of drug-likeness (QED) is 0.839. The molecule has 27 heavy (non-hydrogen) atoms. The van der Waals surface area contributed by atoms with Crippen molar-refractivity contribution in [3.63, 3.8) is 0 Å². The first-order chi connectivity index (χ1) is 12.7. The van der Waals surface area contributed by atoms with Crippen molar-refractivity contribution in [3.05, 3.63) is 53.9 Å². The summed E-state index contributed by atoms with van der Waals surface area (Å²) in [4.78, 5) is 16.5. The van der Waals surface area contributed by atoms with Gasteiger partial charge >= 0.3 is 6.18 Å². The minimum Gasteiger partial charge on any atom is -0.311 e. The van der Waals surface area contributed by atoms with E-state index in [9.17, 15) is 26.4 Å². The molecule has 144 valence electrons. The Bertz CT molecular complexity index is 961. The number of carbonyl (C=O) groups excluding carboxylic acids is 1. The van der Waals surface area contributed by atoms with E-state index in [4.69, 9.17) is 0 Å². The zero-order chi connectivity index (χ0) is 19.7. The number of sulfonamides is 1. The highest BCUT2D eigenvalue weighted by atomic mass is 32.2. The Morgan fingerprint density at radius 2 is 1.93 bits per heavy atom. The van der Waals surface area contributed by atoms with Crippen LogP contribution in [0, 0.1) is 0 Å². The van der Waals surface area contributed by atoms with Gasteiger partial charge in [0.25, 0.3) is 0 Å². The number of alkyl halides is 3. The zero-order valence-corrected chi connectivity index (χ0v) is 14.8. The maximum Gasteiger partial charge on any atom is 0.417 e. The number of nitrogens with zero attached hydrogens (tertiary/aromatic N) is 2. The summed E-state index contributed by atoms with van der Waals surface area (Å²) in [5.41, 5.74) is -0.266. The van der Waals surface area contributed by atoms with E-state index in [1.54, 1.807) is 11.0 Å². The molecular formula is C17H16F3N3O3S. The highest BCUT2D eigenvalue weighted by Crippen LogP contribution is 2.34. The molecule has 1 amide bonds. The van der Waals surface area contributed by atoms with Gasteiger partial charge in [0.1, 0.15) is 0 Å². The fourth-order valence-electron chi connectivity index (χ4n) is 2.83. The second-order valence-electron chi connectivity index (χ2n) is 6.02. The summed E-state index contributed by atoms with van der Waals surface area (Å²) in [7, 11) is -4.39. The fraction of sp³-hybridized carbons (Fsp3) is 0.294. The van der Waals surface area contributed by atoms with Crippen LogP contribution in [-0.4, -0.2) is 25.9 Å². The third-order valence-electron chi connectivity index (χ3n) is 4.11. The molecule has 0 saturated carbocycles. The van der Waals surface area contributed by atoms with Gasteiger partial charge < -0.3 is 4.90 Å². The maximum absolute atomic E-state index is 13.1. The number of amides is 1. The molecule has 10 heteroatoms. The molecular weight excluding hydrogens is 383 g/mol. The standard InChI is InChI=1S/C17H16F3N3O3S/c18-17(19,20)14-4-1-2-5-15(14)27(25,26)22-10-12-8-13(11-21-9-12)23-7-3-6-16(23)24/h1-2,4-5,8-9,11,22H,3,6-7,10H2. The van der Waals surface area contributed by atoms with Crippen LogP contribution in [0.1, 0.15) is 24.0 Å². The predicted molar refractivity (Wildman–Crippen MR) is 91.3 cm³/mol. The molecule has 3 rings (SSSR count). The number of halogens is 3. The topological polar surface area (TPSA) is 79.4 Å². The van der Waals surface area contributed by atoms with Crippen LogP contribution < -0.4 is 9.62 Å². The summed E-state index contributed by atoms with van der Waals surface area (Å²) in [6.45, 7) is 0.298. The number of hydrogen-bond donors (Lipinski definition) is 1. The SMILES string of the molecule is O=C1CCCN1c1cncc(CNS(=O)(=O)c2ccccc2C(F)(F)F)c1. The fourth-order valence-corrected chi connectivity index (χ4v) is 4.07. The molecule has 2 heterocycles. The molecule has 0 spiro atoms. The third kappa shape index (κ3) is 4.28. The van der Waals surface area contributed by atoms with Crippen molar-refractivity contribution >= 4 is 21.6 Å². The van der Waals surface area contributed by atoms with Gasteiger partial charge in [-0.05, 0) is 30.2 Å². The van der Waals surface area contributed by atoms with Crippen LogP contribution in [0.4, 0.5) is 18.9 Å². The number of hydrogen-bond acceptors (Lipinski definition) is 4. The Morgan fingerprint density at radius 3 is 2.59 bits per heavy atom. The molecule has 0 unspecified atom stereocenters. The van der Waals surface area contributed by atoms with E-state index in [1.807, 2.05) is 0 Å². The Morgan fingerprint density at radius 1 is 1.19 bits per heavy atom. The summed E-state index contributed by atoms with van der Waals surface area (Å²) in [6.07, 6.45) is -0.750. The average Bonchev–Trinajstić information content (AvgIpc) is 3.06. The molecule has 1 saturated heterocycles. The molecule has 0 radical (unpaired) electrons. The highest BCUT2D eigenvalue weighted by molar-refractivity contribution is 7.89. The van der Waals surface area contributed by atoms with E-state index in [1.165, 1.54) is 18.5 Å². The van der Waals surface area contributed by atoms with Gasteiger partial charge in [-0.25, -0.2) is 13.1 Å². The van der Waals surface area contributed by atoms with Crippen LogP contribution in [0.5, 0.6) is 0 Å². The summed E-state index contributed by atoms with van der Waals surface area (Å²) in [5.74, 6) is -0.0476. The van der Waals surface area contributed by atoms with Gasteiger partial charge in [0.2, 0.25) is 15.9 Å². The van der Waals surface area contributed by atoms with Crippen molar-refractivity contribution in [2.45, 2.75) is 30.5 Å². The van der Waals surface area contributed by atoms with E-state index in [2.05, 4.69) is 9.71 Å². The first-order valence-electron chi connectivity index (χ1n) is 8.09. The molecule has 1 aliphatic heterocycles. The van der Waals surface area contributed by atoms with Gasteiger partial charge in [-0.3, -0.25) is 9.78 Å². The Labute approximate surface area is 154 Å². The first-order valence-corrected chi connectivity index (χ1v) is 9.57. The smallest absolute Gasteiger partial charge is 0.311 e. The van der Waals surface area contributed by atoms with Crippen molar-refractivity contribution in [2.24, 2.45) is 0 Å². The number of anilines is 1. The molecule has 1 N–H and O–H groups in total. The first kappa shape index (κ1) is 19.3. The van der Waals surface area contributed by atoms with E-state index in [-0.39, 0.29) is 12.5 Å². The third-order valence-corrected chi connectivity index (χ3v) is 5.57. The van der Waals surface area contributed by atoms with Crippen molar-refractivity contribution in [2.75, 3.05) is 11.4 Å². The molecule has 1 aromatic carbocycles. The lowest BCUT2D eigenvalue weighted by Crippen LogP contribution is -2.27. The average molecular weight is 399 g/mol. The monoisotopic (exact) mass is 399 g/mol. The van der Waals surface area contributed by atoms with E-state index in [0.717, 1.165) is 24.6 Å². The van der Waals surface area contributed by atoms with Crippen LogP contribution in [0.25, 0.3) is 0 Å². The second kappa shape index (κ2) is 7.28. The highest BCUT2D eigenvalue weighted by Gasteiger charge is 2.36. The van der Waals surface area contributed by atoms with Crippen LogP contribution >= 0.6 is 0 Å². The van der Waals surface area contributed by atoms with Crippen LogP contribution in [-0.2, 0) is 27.5 Å². The molecule has 0 aliphatic carbocycles. The van der Waals surface area contributed by atoms with Crippen molar-refractivity contribution < 1.29 is 26.4 Å². The predicted octanol–water partition coefficient (Wildman–Crippen LogP) is 2.71. The second-order valence-corrected chi connectivity index (χ2v) is 7.75. The largest absolute Gasteiger partial charge is 0.417 e. The minimum absolute atomic E-state index is 0.0476. The number of benzene rings is 1. The number of rotatable bonds is 5. The number of nitrogens with one attached hydrogen (secondary N) is 1. The van der Waals surface area contributed by atoms with Gasteiger partial charge in [-0.2, -0.15) is 13.2 Å². The molecule has 0 atom stereocenters. The molecule has 2 aromatic rings. The lowest BCUT2D eigenvalue weighted by molar-refractivity contribution is -0.139. The van der Waals surface area contributed by atoms with Gasteiger partial charge in [-0.1, -0.05) is 12.1 Å². The zero-order valence-electron chi connectivity index (χ0n) is 14.0. The Kier molecular flexibility index (Phi) is 5.20. The molecule has 1 aliphatic rings. The Balaban J connectivity index is 1.80. The molecule has 6 nitrogen and oxygen atoms in total.